The molecule has 2 amide bonds. The molecule has 0 fully saturated rings. The van der Waals surface area contributed by atoms with Gasteiger partial charge >= 0.3 is 11.8 Å². The van der Waals surface area contributed by atoms with Crippen molar-refractivity contribution in [2.45, 2.75) is 13.8 Å². The molecular weight excluding hydrogens is 300 g/mol. The number of nitrogens with one attached hydrogen (secondary N) is 2. The van der Waals surface area contributed by atoms with Gasteiger partial charge in [-0.2, -0.15) is 0 Å². The zero-order valence-corrected chi connectivity index (χ0v) is 13.6. The molecular formula is C20H18N2O2. The highest BCUT2D eigenvalue weighted by Gasteiger charge is 2.16. The molecule has 4 nitrogen and oxygen atoms in total. The maximum Gasteiger partial charge on any atom is 0.314 e. The highest BCUT2D eigenvalue weighted by molar-refractivity contribution is 6.44. The standard InChI is InChI=1S/C20H18N2O2/c1-13-10-11-17(14(2)12-13)21-19(23)20(24)22-18-9-5-7-15-6-3-4-8-16(15)18/h3-12H,1-2H3,(H,21,23)(H,22,24). The van der Waals surface area contributed by atoms with E-state index in [0.29, 0.717) is 11.4 Å². The van der Waals surface area contributed by atoms with Crippen LogP contribution in [-0.4, -0.2) is 11.8 Å². The van der Waals surface area contributed by atoms with Crippen LogP contribution in [0, 0.1) is 13.8 Å². The van der Waals surface area contributed by atoms with E-state index in [2.05, 4.69) is 10.6 Å². The summed E-state index contributed by atoms with van der Waals surface area (Å²) in [5.41, 5.74) is 3.28. The molecule has 24 heavy (non-hydrogen) atoms. The first kappa shape index (κ1) is 15.7. The number of carbonyl (C=O) groups excluding carboxylic acids is 2. The van der Waals surface area contributed by atoms with Crippen LogP contribution in [0.4, 0.5) is 11.4 Å². The molecule has 3 rings (SSSR count). The van der Waals surface area contributed by atoms with Crippen LogP contribution in [-0.2, 0) is 9.59 Å². The van der Waals surface area contributed by atoms with E-state index in [1.54, 1.807) is 12.1 Å². The molecule has 0 heterocycles. The molecule has 0 aromatic heterocycles. The van der Waals surface area contributed by atoms with E-state index in [9.17, 15) is 9.59 Å². The minimum Gasteiger partial charge on any atom is -0.318 e. The number of anilines is 2. The first-order valence-electron chi connectivity index (χ1n) is 7.72. The quantitative estimate of drug-likeness (QED) is 0.701. The number of aryl methyl sites for hydroxylation is 2. The van der Waals surface area contributed by atoms with Crippen LogP contribution < -0.4 is 10.6 Å². The molecule has 0 aliphatic rings. The normalized spacial score (nSPS) is 10.4. The number of benzene rings is 3. The summed E-state index contributed by atoms with van der Waals surface area (Å²) in [5, 5.41) is 7.24. The van der Waals surface area contributed by atoms with Gasteiger partial charge in [0.15, 0.2) is 0 Å². The van der Waals surface area contributed by atoms with Crippen molar-refractivity contribution in [3.05, 3.63) is 71.8 Å². The Hall–Kier alpha value is -3.14. The molecule has 0 spiro atoms. The molecule has 0 bridgehead atoms. The number of carbonyl (C=O) groups is 2. The van der Waals surface area contributed by atoms with Gasteiger partial charge in [0.25, 0.3) is 0 Å². The topological polar surface area (TPSA) is 58.2 Å². The van der Waals surface area contributed by atoms with E-state index in [1.807, 2.05) is 62.4 Å². The predicted molar refractivity (Wildman–Crippen MR) is 97.1 cm³/mol. The van der Waals surface area contributed by atoms with E-state index in [4.69, 9.17) is 0 Å². The van der Waals surface area contributed by atoms with Crippen LogP contribution in [0.1, 0.15) is 11.1 Å². The van der Waals surface area contributed by atoms with Crippen LogP contribution in [0.3, 0.4) is 0 Å². The fraction of sp³-hybridized carbons (Fsp3) is 0.100. The largest absolute Gasteiger partial charge is 0.318 e. The summed E-state index contributed by atoms with van der Waals surface area (Å²) in [6.07, 6.45) is 0. The SMILES string of the molecule is Cc1ccc(NC(=O)C(=O)Nc2cccc3ccccc23)c(C)c1. The molecule has 0 saturated carbocycles. The lowest BCUT2D eigenvalue weighted by Crippen LogP contribution is -2.29. The van der Waals surface area contributed by atoms with Crippen LogP contribution in [0.15, 0.2) is 60.7 Å². The Bertz CT molecular complexity index is 927. The average molecular weight is 318 g/mol. The minimum absolute atomic E-state index is 0.619. The Morgan fingerprint density at radius 2 is 1.42 bits per heavy atom. The second kappa shape index (κ2) is 6.54. The highest BCUT2D eigenvalue weighted by atomic mass is 16.2. The van der Waals surface area contributed by atoms with Crippen molar-refractivity contribution < 1.29 is 9.59 Å². The maximum atomic E-state index is 12.2. The molecule has 0 aliphatic carbocycles. The Morgan fingerprint density at radius 3 is 2.17 bits per heavy atom. The van der Waals surface area contributed by atoms with Gasteiger partial charge in [-0.05, 0) is 36.9 Å². The van der Waals surface area contributed by atoms with Crippen molar-refractivity contribution in [3.8, 4) is 0 Å². The fourth-order valence-corrected chi connectivity index (χ4v) is 2.65. The van der Waals surface area contributed by atoms with Gasteiger partial charge in [-0.25, -0.2) is 0 Å². The summed E-state index contributed by atoms with van der Waals surface area (Å²) < 4.78 is 0. The Morgan fingerprint density at radius 1 is 0.750 bits per heavy atom. The fourth-order valence-electron chi connectivity index (χ4n) is 2.65. The van der Waals surface area contributed by atoms with Gasteiger partial charge in [-0.1, -0.05) is 54.1 Å². The molecule has 0 aliphatic heterocycles. The van der Waals surface area contributed by atoms with Gasteiger partial charge in [-0.15, -0.1) is 0 Å². The Kier molecular flexibility index (Phi) is 4.29. The number of amides is 2. The number of rotatable bonds is 2. The van der Waals surface area contributed by atoms with E-state index in [1.165, 1.54) is 0 Å². The van der Waals surface area contributed by atoms with E-state index in [-0.39, 0.29) is 0 Å². The smallest absolute Gasteiger partial charge is 0.314 e. The molecule has 4 heteroatoms. The minimum atomic E-state index is -0.689. The molecule has 3 aromatic carbocycles. The van der Waals surface area contributed by atoms with Gasteiger partial charge in [0.05, 0.1) is 0 Å². The third kappa shape index (κ3) is 3.27. The van der Waals surface area contributed by atoms with E-state index >= 15 is 0 Å². The molecule has 0 saturated heterocycles. The zero-order chi connectivity index (χ0) is 17.1. The van der Waals surface area contributed by atoms with Crippen molar-refractivity contribution in [2.24, 2.45) is 0 Å². The van der Waals surface area contributed by atoms with Gasteiger partial charge in [0.1, 0.15) is 0 Å². The summed E-state index contributed by atoms with van der Waals surface area (Å²) in [6, 6.07) is 18.9. The summed E-state index contributed by atoms with van der Waals surface area (Å²) in [6.45, 7) is 3.87. The Balaban J connectivity index is 1.77. The molecule has 0 atom stereocenters. The van der Waals surface area contributed by atoms with Crippen LogP contribution in [0.5, 0.6) is 0 Å². The highest BCUT2D eigenvalue weighted by Crippen LogP contribution is 2.23. The van der Waals surface area contributed by atoms with Gasteiger partial charge < -0.3 is 10.6 Å². The van der Waals surface area contributed by atoms with Gasteiger partial charge in [0, 0.05) is 16.8 Å². The van der Waals surface area contributed by atoms with E-state index in [0.717, 1.165) is 21.9 Å². The molecule has 3 aromatic rings. The second-order valence-corrected chi connectivity index (χ2v) is 5.75. The maximum absolute atomic E-state index is 12.2. The van der Waals surface area contributed by atoms with Gasteiger partial charge in [-0.3, -0.25) is 9.59 Å². The van der Waals surface area contributed by atoms with Crippen LogP contribution in [0.25, 0.3) is 10.8 Å². The van der Waals surface area contributed by atoms with Crippen molar-refractivity contribution in [3.63, 3.8) is 0 Å². The lowest BCUT2D eigenvalue weighted by atomic mass is 10.1. The lowest BCUT2D eigenvalue weighted by Gasteiger charge is -2.11. The number of fused-ring (bicyclic) bond motifs is 1. The molecule has 0 radical (unpaired) electrons. The third-order valence-electron chi connectivity index (χ3n) is 3.87. The molecule has 120 valence electrons. The summed E-state index contributed by atoms with van der Waals surface area (Å²) in [5.74, 6) is -1.37. The monoisotopic (exact) mass is 318 g/mol. The summed E-state index contributed by atoms with van der Waals surface area (Å²) >= 11 is 0. The van der Waals surface area contributed by atoms with E-state index < -0.39 is 11.8 Å². The summed E-state index contributed by atoms with van der Waals surface area (Å²) in [4.78, 5) is 24.4. The molecule has 0 unspecified atom stereocenters. The predicted octanol–water partition coefficient (Wildman–Crippen LogP) is 4.03. The number of hydrogen-bond donors (Lipinski definition) is 2. The van der Waals surface area contributed by atoms with Crippen LogP contribution in [0.2, 0.25) is 0 Å². The van der Waals surface area contributed by atoms with Gasteiger partial charge in [0.2, 0.25) is 0 Å². The third-order valence-corrected chi connectivity index (χ3v) is 3.87. The second-order valence-electron chi connectivity index (χ2n) is 5.75. The summed E-state index contributed by atoms with van der Waals surface area (Å²) in [7, 11) is 0. The van der Waals surface area contributed by atoms with Crippen molar-refractivity contribution in [1.29, 1.82) is 0 Å². The number of hydrogen-bond acceptors (Lipinski definition) is 2. The Labute approximate surface area is 140 Å². The van der Waals surface area contributed by atoms with Crippen LogP contribution >= 0.6 is 0 Å². The zero-order valence-electron chi connectivity index (χ0n) is 13.6. The lowest BCUT2D eigenvalue weighted by molar-refractivity contribution is -0.132. The van der Waals surface area contributed by atoms with Crippen molar-refractivity contribution >= 4 is 34.0 Å². The average Bonchev–Trinajstić information content (AvgIpc) is 2.57. The molecule has 2 N–H and O–H groups in total. The van der Waals surface area contributed by atoms with Crippen molar-refractivity contribution in [2.75, 3.05) is 10.6 Å². The van der Waals surface area contributed by atoms with Crippen molar-refractivity contribution in [1.82, 2.24) is 0 Å². The first-order chi connectivity index (χ1) is 11.5. The first-order valence-corrected chi connectivity index (χ1v) is 7.72.